The average molecular weight is 220 g/mol. The van der Waals surface area contributed by atoms with Crippen LogP contribution in [0.5, 0.6) is 0 Å². The highest BCUT2D eigenvalue weighted by Crippen LogP contribution is 2.14. The van der Waals surface area contributed by atoms with Gasteiger partial charge in [-0.1, -0.05) is 0 Å². The van der Waals surface area contributed by atoms with Gasteiger partial charge < -0.3 is 5.32 Å². The highest BCUT2D eigenvalue weighted by Gasteiger charge is 2.14. The molecule has 7 heteroatoms. The monoisotopic (exact) mass is 220 g/mol. The van der Waals surface area contributed by atoms with Crippen LogP contribution in [-0.2, 0) is 0 Å². The molecule has 2 aromatic rings. The smallest absolute Gasteiger partial charge is 0.296 e. The number of aromatic amines is 2. The summed E-state index contributed by atoms with van der Waals surface area (Å²) in [6.45, 7) is 5.49. The molecule has 0 bridgehead atoms. The Morgan fingerprint density at radius 3 is 2.44 bits per heavy atom. The maximum atomic E-state index is 11.7. The molecule has 0 fully saturated rings. The number of carbonyl (C=O) groups excluding carboxylic acids is 1. The predicted molar refractivity (Wildman–Crippen MR) is 57.1 cm³/mol. The minimum absolute atomic E-state index is 0.109. The van der Waals surface area contributed by atoms with E-state index >= 15 is 0 Å². The zero-order valence-electron chi connectivity index (χ0n) is 9.25. The van der Waals surface area contributed by atoms with Crippen molar-refractivity contribution in [2.75, 3.05) is 5.32 Å². The molecule has 0 saturated carbocycles. The Morgan fingerprint density at radius 2 is 1.94 bits per heavy atom. The summed E-state index contributed by atoms with van der Waals surface area (Å²) in [5.41, 5.74) is 1.82. The second-order valence-electron chi connectivity index (χ2n) is 3.52. The van der Waals surface area contributed by atoms with Gasteiger partial charge in [0.2, 0.25) is 5.82 Å². The topological polar surface area (TPSA) is 99.3 Å². The molecule has 0 aliphatic carbocycles. The van der Waals surface area contributed by atoms with E-state index in [1.807, 2.05) is 13.8 Å². The van der Waals surface area contributed by atoms with Gasteiger partial charge in [-0.05, 0) is 20.8 Å². The maximum absolute atomic E-state index is 11.7. The highest BCUT2D eigenvalue weighted by molar-refractivity contribution is 6.01. The molecule has 0 atom stereocenters. The van der Waals surface area contributed by atoms with Gasteiger partial charge in [-0.2, -0.15) is 5.10 Å². The molecule has 3 N–H and O–H groups in total. The van der Waals surface area contributed by atoms with Gasteiger partial charge in [0.15, 0.2) is 5.82 Å². The van der Waals surface area contributed by atoms with Crippen LogP contribution in [-0.4, -0.2) is 31.3 Å². The van der Waals surface area contributed by atoms with Crippen LogP contribution in [0, 0.1) is 20.8 Å². The number of nitrogens with one attached hydrogen (secondary N) is 3. The van der Waals surface area contributed by atoms with E-state index in [9.17, 15) is 4.79 Å². The summed E-state index contributed by atoms with van der Waals surface area (Å²) in [7, 11) is 0. The Kier molecular flexibility index (Phi) is 2.43. The van der Waals surface area contributed by atoms with Crippen molar-refractivity contribution in [3.05, 3.63) is 22.9 Å². The molecule has 0 aromatic carbocycles. The van der Waals surface area contributed by atoms with Gasteiger partial charge in [-0.3, -0.25) is 15.0 Å². The molecular formula is C9H12N6O. The van der Waals surface area contributed by atoms with Gasteiger partial charge in [0, 0.05) is 11.3 Å². The fourth-order valence-electron chi connectivity index (χ4n) is 1.21. The number of aromatic nitrogens is 5. The average Bonchev–Trinajstić information content (AvgIpc) is 2.79. The standard InChI is InChI=1S/C9H12N6O/c1-4-5(2)12-14-7(4)11-9(16)8-10-6(3)13-15-8/h1-3H3,(H,10,13,15)(H2,11,12,14,16). The van der Waals surface area contributed by atoms with E-state index < -0.39 is 0 Å². The van der Waals surface area contributed by atoms with E-state index in [1.165, 1.54) is 0 Å². The third-order valence-corrected chi connectivity index (χ3v) is 2.29. The van der Waals surface area contributed by atoms with Crippen molar-refractivity contribution in [3.8, 4) is 0 Å². The molecule has 84 valence electrons. The van der Waals surface area contributed by atoms with Crippen LogP contribution in [0.1, 0.15) is 27.7 Å². The quantitative estimate of drug-likeness (QED) is 0.693. The largest absolute Gasteiger partial charge is 0.302 e. The zero-order chi connectivity index (χ0) is 11.7. The van der Waals surface area contributed by atoms with Crippen molar-refractivity contribution in [1.29, 1.82) is 0 Å². The number of rotatable bonds is 2. The normalized spacial score (nSPS) is 10.4. The second-order valence-corrected chi connectivity index (χ2v) is 3.52. The molecular weight excluding hydrogens is 208 g/mol. The Balaban J connectivity index is 2.17. The van der Waals surface area contributed by atoms with Crippen molar-refractivity contribution in [1.82, 2.24) is 25.4 Å². The van der Waals surface area contributed by atoms with Crippen LogP contribution >= 0.6 is 0 Å². The van der Waals surface area contributed by atoms with E-state index in [2.05, 4.69) is 30.7 Å². The summed E-state index contributed by atoms with van der Waals surface area (Å²) in [6, 6.07) is 0. The summed E-state index contributed by atoms with van der Waals surface area (Å²) in [5.74, 6) is 0.835. The van der Waals surface area contributed by atoms with E-state index in [4.69, 9.17) is 0 Å². The number of amides is 1. The number of carbonyl (C=O) groups is 1. The Hall–Kier alpha value is -2.18. The molecule has 0 unspecified atom stereocenters. The van der Waals surface area contributed by atoms with Crippen molar-refractivity contribution in [2.24, 2.45) is 0 Å². The summed E-state index contributed by atoms with van der Waals surface area (Å²) in [6.07, 6.45) is 0. The lowest BCUT2D eigenvalue weighted by Gasteiger charge is -1.98. The van der Waals surface area contributed by atoms with Gasteiger partial charge >= 0.3 is 0 Å². The lowest BCUT2D eigenvalue weighted by Crippen LogP contribution is -2.14. The van der Waals surface area contributed by atoms with Gasteiger partial charge in [0.1, 0.15) is 5.82 Å². The minimum atomic E-state index is -0.376. The first-order chi connectivity index (χ1) is 7.58. The number of hydrogen-bond acceptors (Lipinski definition) is 4. The lowest BCUT2D eigenvalue weighted by atomic mass is 10.3. The predicted octanol–water partition coefficient (Wildman–Crippen LogP) is 0.705. The number of anilines is 1. The molecule has 0 aliphatic rings. The van der Waals surface area contributed by atoms with Crippen LogP contribution in [0.4, 0.5) is 5.82 Å². The number of nitrogens with zero attached hydrogens (tertiary/aromatic N) is 3. The van der Waals surface area contributed by atoms with Gasteiger partial charge in [0.05, 0.1) is 0 Å². The highest BCUT2D eigenvalue weighted by atomic mass is 16.2. The molecule has 2 heterocycles. The van der Waals surface area contributed by atoms with E-state index in [0.29, 0.717) is 11.6 Å². The van der Waals surface area contributed by atoms with Crippen LogP contribution < -0.4 is 5.32 Å². The maximum Gasteiger partial charge on any atom is 0.296 e. The van der Waals surface area contributed by atoms with E-state index in [1.54, 1.807) is 6.92 Å². The summed E-state index contributed by atoms with van der Waals surface area (Å²) in [4.78, 5) is 15.6. The van der Waals surface area contributed by atoms with Gasteiger partial charge in [0.25, 0.3) is 5.91 Å². The third kappa shape index (κ3) is 1.79. The molecule has 1 amide bonds. The molecule has 0 radical (unpaired) electrons. The van der Waals surface area contributed by atoms with E-state index in [0.717, 1.165) is 11.3 Å². The Bertz CT molecular complexity index is 526. The Labute approximate surface area is 91.7 Å². The van der Waals surface area contributed by atoms with Gasteiger partial charge in [-0.25, -0.2) is 4.98 Å². The fourth-order valence-corrected chi connectivity index (χ4v) is 1.21. The third-order valence-electron chi connectivity index (χ3n) is 2.29. The summed E-state index contributed by atoms with van der Waals surface area (Å²) < 4.78 is 0. The number of hydrogen-bond donors (Lipinski definition) is 3. The van der Waals surface area contributed by atoms with Crippen LogP contribution in [0.2, 0.25) is 0 Å². The number of H-pyrrole nitrogens is 2. The second kappa shape index (κ2) is 3.76. The lowest BCUT2D eigenvalue weighted by molar-refractivity contribution is 0.101. The van der Waals surface area contributed by atoms with Crippen LogP contribution in [0.25, 0.3) is 0 Å². The molecule has 7 nitrogen and oxygen atoms in total. The van der Waals surface area contributed by atoms with E-state index in [-0.39, 0.29) is 11.7 Å². The van der Waals surface area contributed by atoms with Gasteiger partial charge in [-0.15, -0.1) is 5.10 Å². The first-order valence-corrected chi connectivity index (χ1v) is 4.80. The number of aryl methyl sites for hydroxylation is 2. The fraction of sp³-hybridized carbons (Fsp3) is 0.333. The first kappa shape index (κ1) is 10.3. The zero-order valence-corrected chi connectivity index (χ0v) is 9.25. The van der Waals surface area contributed by atoms with Crippen molar-refractivity contribution in [3.63, 3.8) is 0 Å². The molecule has 16 heavy (non-hydrogen) atoms. The molecule has 0 saturated heterocycles. The summed E-state index contributed by atoms with van der Waals surface area (Å²) >= 11 is 0. The SMILES string of the molecule is Cc1nc(C(=O)Nc2n[nH]c(C)c2C)n[nH]1. The molecule has 0 aliphatic heterocycles. The summed E-state index contributed by atoms with van der Waals surface area (Å²) in [5, 5.41) is 15.8. The Morgan fingerprint density at radius 1 is 1.19 bits per heavy atom. The minimum Gasteiger partial charge on any atom is -0.302 e. The molecule has 2 rings (SSSR count). The van der Waals surface area contributed by atoms with Crippen LogP contribution in [0.15, 0.2) is 0 Å². The van der Waals surface area contributed by atoms with Crippen molar-refractivity contribution >= 4 is 11.7 Å². The van der Waals surface area contributed by atoms with Crippen LogP contribution in [0.3, 0.4) is 0 Å². The van der Waals surface area contributed by atoms with Crippen molar-refractivity contribution < 1.29 is 4.79 Å². The molecule has 0 spiro atoms. The first-order valence-electron chi connectivity index (χ1n) is 4.80. The van der Waals surface area contributed by atoms with Crippen molar-refractivity contribution in [2.45, 2.75) is 20.8 Å². The molecule has 2 aromatic heterocycles.